The van der Waals surface area contributed by atoms with Crippen LogP contribution in [0, 0.1) is 0 Å². The van der Waals surface area contributed by atoms with E-state index in [0.717, 1.165) is 38.7 Å². The van der Waals surface area contributed by atoms with E-state index in [1.54, 1.807) is 0 Å². The van der Waals surface area contributed by atoms with Crippen molar-refractivity contribution in [1.82, 2.24) is 0 Å². The van der Waals surface area contributed by atoms with Crippen LogP contribution in [0.25, 0.3) is 0 Å². The maximum Gasteiger partial charge on any atom is 0.0876 e. The molecule has 0 bridgehead atoms. The Morgan fingerprint density at radius 2 is 2.11 bits per heavy atom. The first-order chi connectivity index (χ1) is 8.85. The van der Waals surface area contributed by atoms with Crippen LogP contribution in [0.5, 0.6) is 0 Å². The van der Waals surface area contributed by atoms with Gasteiger partial charge in [0.15, 0.2) is 0 Å². The van der Waals surface area contributed by atoms with Gasteiger partial charge >= 0.3 is 0 Å². The van der Waals surface area contributed by atoms with Crippen LogP contribution >= 0.6 is 0 Å². The fourth-order valence-electron chi connectivity index (χ4n) is 2.73. The van der Waals surface area contributed by atoms with E-state index in [2.05, 4.69) is 13.2 Å². The molecule has 2 aliphatic heterocycles. The molecule has 2 heterocycles. The molecule has 2 rings (SSSR count). The van der Waals surface area contributed by atoms with Crippen LogP contribution in [0.1, 0.15) is 32.1 Å². The highest BCUT2D eigenvalue weighted by Crippen LogP contribution is 2.31. The Morgan fingerprint density at radius 3 is 2.89 bits per heavy atom. The summed E-state index contributed by atoms with van der Waals surface area (Å²) in [7, 11) is 0. The minimum Gasteiger partial charge on any atom is -0.375 e. The van der Waals surface area contributed by atoms with Crippen molar-refractivity contribution >= 4 is 0 Å². The first-order valence-corrected chi connectivity index (χ1v) is 6.95. The smallest absolute Gasteiger partial charge is 0.0876 e. The van der Waals surface area contributed by atoms with Gasteiger partial charge in [0, 0.05) is 13.0 Å². The molecule has 3 nitrogen and oxygen atoms in total. The predicted molar refractivity (Wildman–Crippen MR) is 71.6 cm³/mol. The average molecular weight is 252 g/mol. The summed E-state index contributed by atoms with van der Waals surface area (Å²) in [5.41, 5.74) is 0. The van der Waals surface area contributed by atoms with E-state index in [-0.39, 0.29) is 24.4 Å². The second kappa shape index (κ2) is 7.07. The highest BCUT2D eigenvalue weighted by molar-refractivity contribution is 4.91. The van der Waals surface area contributed by atoms with Crippen LogP contribution in [0.2, 0.25) is 0 Å². The third kappa shape index (κ3) is 3.44. The minimum absolute atomic E-state index is 0.127. The molecule has 2 fully saturated rings. The molecule has 0 amide bonds. The highest BCUT2D eigenvalue weighted by Gasteiger charge is 2.39. The Kier molecular flexibility index (Phi) is 5.42. The summed E-state index contributed by atoms with van der Waals surface area (Å²) in [4.78, 5) is 0. The molecule has 3 heteroatoms. The molecule has 4 atom stereocenters. The number of rotatable bonds is 6. The van der Waals surface area contributed by atoms with Crippen molar-refractivity contribution < 1.29 is 14.2 Å². The number of hydrogen-bond acceptors (Lipinski definition) is 3. The molecule has 0 saturated carbocycles. The summed E-state index contributed by atoms with van der Waals surface area (Å²) in [6.45, 7) is 9.09. The van der Waals surface area contributed by atoms with Crippen molar-refractivity contribution in [1.29, 1.82) is 0 Å². The second-order valence-electron chi connectivity index (χ2n) is 5.01. The van der Waals surface area contributed by atoms with Crippen molar-refractivity contribution in [2.45, 2.75) is 56.5 Å². The zero-order valence-corrected chi connectivity index (χ0v) is 11.1. The number of hydrogen-bond donors (Lipinski definition) is 0. The van der Waals surface area contributed by atoms with Gasteiger partial charge in [0.1, 0.15) is 0 Å². The first kappa shape index (κ1) is 13.8. The van der Waals surface area contributed by atoms with Gasteiger partial charge in [-0.2, -0.15) is 0 Å². The molecular formula is C15H24O3. The normalized spacial score (nSPS) is 35.8. The van der Waals surface area contributed by atoms with E-state index in [1.807, 2.05) is 12.2 Å². The first-order valence-electron chi connectivity index (χ1n) is 6.95. The highest BCUT2D eigenvalue weighted by atomic mass is 16.6. The largest absolute Gasteiger partial charge is 0.375 e. The maximum atomic E-state index is 6.13. The summed E-state index contributed by atoms with van der Waals surface area (Å²) in [6.07, 6.45) is 9.41. The van der Waals surface area contributed by atoms with E-state index in [9.17, 15) is 0 Å². The Labute approximate surface area is 110 Å². The van der Waals surface area contributed by atoms with Crippen LogP contribution in [0.4, 0.5) is 0 Å². The molecule has 0 spiro atoms. The third-order valence-electron chi connectivity index (χ3n) is 3.66. The summed E-state index contributed by atoms with van der Waals surface area (Å²) < 4.78 is 17.8. The molecular weight excluding hydrogens is 228 g/mol. The van der Waals surface area contributed by atoms with Gasteiger partial charge in [-0.25, -0.2) is 0 Å². The van der Waals surface area contributed by atoms with Crippen LogP contribution in [-0.4, -0.2) is 37.6 Å². The molecule has 0 radical (unpaired) electrons. The van der Waals surface area contributed by atoms with Gasteiger partial charge in [0.05, 0.1) is 31.0 Å². The maximum absolute atomic E-state index is 6.13. The van der Waals surface area contributed by atoms with Crippen LogP contribution in [0.3, 0.4) is 0 Å². The molecule has 0 N–H and O–H groups in total. The summed E-state index contributed by atoms with van der Waals surface area (Å²) >= 11 is 0. The minimum atomic E-state index is 0.127. The fourth-order valence-corrected chi connectivity index (χ4v) is 2.73. The third-order valence-corrected chi connectivity index (χ3v) is 3.66. The molecule has 18 heavy (non-hydrogen) atoms. The van der Waals surface area contributed by atoms with Crippen LogP contribution in [-0.2, 0) is 14.2 Å². The monoisotopic (exact) mass is 252 g/mol. The lowest BCUT2D eigenvalue weighted by Crippen LogP contribution is -2.50. The Hall–Kier alpha value is -0.640. The summed E-state index contributed by atoms with van der Waals surface area (Å²) in [5.74, 6) is 0. The topological polar surface area (TPSA) is 27.7 Å². The van der Waals surface area contributed by atoms with Crippen molar-refractivity contribution in [3.63, 3.8) is 0 Å². The molecule has 0 aromatic carbocycles. The molecule has 0 unspecified atom stereocenters. The van der Waals surface area contributed by atoms with E-state index < -0.39 is 0 Å². The van der Waals surface area contributed by atoms with Crippen molar-refractivity contribution in [3.05, 3.63) is 25.3 Å². The second-order valence-corrected chi connectivity index (χ2v) is 5.01. The average Bonchev–Trinajstić information content (AvgIpc) is 2.40. The number of ether oxygens (including phenoxy) is 3. The Balaban J connectivity index is 1.91. The van der Waals surface area contributed by atoms with Crippen molar-refractivity contribution in [2.24, 2.45) is 0 Å². The van der Waals surface area contributed by atoms with E-state index in [4.69, 9.17) is 14.2 Å². The molecule has 0 aromatic heterocycles. The summed E-state index contributed by atoms with van der Waals surface area (Å²) in [5, 5.41) is 0. The van der Waals surface area contributed by atoms with E-state index >= 15 is 0 Å². The lowest BCUT2D eigenvalue weighted by atomic mass is 9.92. The SMILES string of the molecule is C=CCCO[C@@H]1C[C@H]2OCCC[C@H]2O[C@@H]1CC=C. The van der Waals surface area contributed by atoms with Gasteiger partial charge in [-0.1, -0.05) is 12.2 Å². The quantitative estimate of drug-likeness (QED) is 0.537. The fraction of sp³-hybridized carbons (Fsp3) is 0.733. The van der Waals surface area contributed by atoms with Gasteiger partial charge in [0.25, 0.3) is 0 Å². The van der Waals surface area contributed by atoms with Crippen LogP contribution < -0.4 is 0 Å². The Morgan fingerprint density at radius 1 is 1.22 bits per heavy atom. The van der Waals surface area contributed by atoms with Crippen molar-refractivity contribution in [2.75, 3.05) is 13.2 Å². The molecule has 2 aliphatic rings. The van der Waals surface area contributed by atoms with E-state index in [1.165, 1.54) is 0 Å². The lowest BCUT2D eigenvalue weighted by Gasteiger charge is -2.43. The standard InChI is InChI=1S/C15H24O3/c1-3-5-9-16-14-11-15-13(8-6-10-17-15)18-12(14)7-4-2/h3-4,12-15H,1-2,5-11H2/t12-,13-,14-,15-/m1/s1. The zero-order chi connectivity index (χ0) is 12.8. The molecule has 102 valence electrons. The zero-order valence-electron chi connectivity index (χ0n) is 11.1. The molecule has 2 saturated heterocycles. The van der Waals surface area contributed by atoms with E-state index in [0.29, 0.717) is 6.61 Å². The molecule has 0 aromatic rings. The van der Waals surface area contributed by atoms with Crippen LogP contribution in [0.15, 0.2) is 25.3 Å². The lowest BCUT2D eigenvalue weighted by molar-refractivity contribution is -0.211. The van der Waals surface area contributed by atoms with Gasteiger partial charge in [-0.15, -0.1) is 13.2 Å². The van der Waals surface area contributed by atoms with Gasteiger partial charge < -0.3 is 14.2 Å². The predicted octanol–water partition coefficient (Wildman–Crippen LogP) is 2.86. The summed E-state index contributed by atoms with van der Waals surface area (Å²) in [6, 6.07) is 0. The van der Waals surface area contributed by atoms with Gasteiger partial charge in [0.2, 0.25) is 0 Å². The number of fused-ring (bicyclic) bond motifs is 1. The molecule has 0 aliphatic carbocycles. The van der Waals surface area contributed by atoms with Gasteiger partial charge in [-0.3, -0.25) is 0 Å². The van der Waals surface area contributed by atoms with Gasteiger partial charge in [-0.05, 0) is 25.7 Å². The Bertz CT molecular complexity index is 277. The van der Waals surface area contributed by atoms with Crippen molar-refractivity contribution in [3.8, 4) is 0 Å².